The van der Waals surface area contributed by atoms with Gasteiger partial charge < -0.3 is 10.6 Å². The Bertz CT molecular complexity index is 990. The molecule has 1 aliphatic heterocycles. The van der Waals surface area contributed by atoms with Crippen LogP contribution in [0.1, 0.15) is 37.6 Å². The summed E-state index contributed by atoms with van der Waals surface area (Å²) in [7, 11) is -3.28. The van der Waals surface area contributed by atoms with Gasteiger partial charge in [0, 0.05) is 24.5 Å². The van der Waals surface area contributed by atoms with Crippen LogP contribution in [0.15, 0.2) is 24.5 Å². The maximum Gasteiger partial charge on any atom is 0.314 e. The minimum Gasteiger partial charge on any atom is -0.344 e. The molecule has 0 saturated carbocycles. The number of carbonyl (C=O) groups is 2. The third-order valence-electron chi connectivity index (χ3n) is 4.04. The average molecular weight is 391 g/mol. The van der Waals surface area contributed by atoms with Crippen molar-refractivity contribution in [2.75, 3.05) is 5.32 Å². The summed E-state index contributed by atoms with van der Waals surface area (Å²) in [5.41, 5.74) is 1.11. The van der Waals surface area contributed by atoms with Crippen LogP contribution in [0, 0.1) is 0 Å². The van der Waals surface area contributed by atoms with E-state index in [4.69, 9.17) is 0 Å². The van der Waals surface area contributed by atoms with Gasteiger partial charge in [-0.3, -0.25) is 14.6 Å². The minimum absolute atomic E-state index is 0.158. The Morgan fingerprint density at radius 1 is 1.22 bits per heavy atom. The van der Waals surface area contributed by atoms with Crippen LogP contribution in [-0.2, 0) is 43.0 Å². The van der Waals surface area contributed by atoms with Crippen molar-refractivity contribution in [3.05, 3.63) is 41.3 Å². The number of hydrogen-bond acceptors (Lipinski definition) is 6. The quantitative estimate of drug-likeness (QED) is 0.743. The highest BCUT2D eigenvalue weighted by Gasteiger charge is 2.35. The van der Waals surface area contributed by atoms with Gasteiger partial charge >= 0.3 is 11.8 Å². The molecule has 2 amide bonds. The Kier molecular flexibility index (Phi) is 4.77. The summed E-state index contributed by atoms with van der Waals surface area (Å²) < 4.78 is 25.3. The maximum absolute atomic E-state index is 12.3. The van der Waals surface area contributed by atoms with Gasteiger partial charge in [-0.05, 0) is 32.4 Å². The summed E-state index contributed by atoms with van der Waals surface area (Å²) in [5.74, 6) is -1.82. The zero-order valence-electron chi connectivity index (χ0n) is 15.3. The Morgan fingerprint density at radius 2 is 1.96 bits per heavy atom. The van der Waals surface area contributed by atoms with Crippen LogP contribution in [-0.4, -0.2) is 35.0 Å². The standard InChI is InChI=1S/C17H21N5O4S/c1-17(2,3)22-14(12-9-27(25,26)10-13(12)21-22)20-16(24)15(23)19-8-11-5-4-6-18-7-11/h4-7H,8-10H2,1-3H3,(H,19,23)(H,20,24). The lowest BCUT2D eigenvalue weighted by molar-refractivity contribution is -0.136. The fourth-order valence-electron chi connectivity index (χ4n) is 2.79. The Balaban J connectivity index is 1.78. The first-order valence-corrected chi connectivity index (χ1v) is 10.2. The molecule has 27 heavy (non-hydrogen) atoms. The van der Waals surface area contributed by atoms with Crippen LogP contribution < -0.4 is 10.6 Å². The molecule has 3 heterocycles. The maximum atomic E-state index is 12.3. The normalized spacial score (nSPS) is 15.2. The van der Waals surface area contributed by atoms with Gasteiger partial charge in [0.05, 0.1) is 22.7 Å². The second-order valence-corrected chi connectivity index (χ2v) is 9.45. The van der Waals surface area contributed by atoms with Crippen LogP contribution in [0.3, 0.4) is 0 Å². The smallest absolute Gasteiger partial charge is 0.314 e. The van der Waals surface area contributed by atoms with Gasteiger partial charge in [-0.15, -0.1) is 0 Å². The van der Waals surface area contributed by atoms with E-state index in [0.29, 0.717) is 11.3 Å². The Labute approximate surface area is 157 Å². The van der Waals surface area contributed by atoms with Crippen molar-refractivity contribution < 1.29 is 18.0 Å². The average Bonchev–Trinajstić information content (AvgIpc) is 3.06. The molecular formula is C17H21N5O4S. The SMILES string of the molecule is CC(C)(C)n1nc2c(c1NC(=O)C(=O)NCc1cccnc1)CS(=O)(=O)C2. The molecule has 0 bridgehead atoms. The molecule has 9 nitrogen and oxygen atoms in total. The van der Waals surface area contributed by atoms with E-state index >= 15 is 0 Å². The van der Waals surface area contributed by atoms with Crippen LogP contribution in [0.4, 0.5) is 5.82 Å². The van der Waals surface area contributed by atoms with Gasteiger partial charge in [-0.2, -0.15) is 5.10 Å². The zero-order chi connectivity index (χ0) is 19.8. The van der Waals surface area contributed by atoms with E-state index < -0.39 is 27.2 Å². The van der Waals surface area contributed by atoms with Gasteiger partial charge in [0.1, 0.15) is 5.82 Å². The van der Waals surface area contributed by atoms with Gasteiger partial charge in [-0.1, -0.05) is 6.07 Å². The number of pyridine rings is 1. The first-order valence-electron chi connectivity index (χ1n) is 8.36. The van der Waals surface area contributed by atoms with E-state index in [2.05, 4.69) is 20.7 Å². The Hall–Kier alpha value is -2.75. The molecule has 0 radical (unpaired) electrons. The molecule has 0 fully saturated rings. The van der Waals surface area contributed by atoms with Crippen molar-refractivity contribution in [2.45, 2.75) is 44.4 Å². The molecule has 144 valence electrons. The summed E-state index contributed by atoms with van der Waals surface area (Å²) >= 11 is 0. The van der Waals surface area contributed by atoms with Crippen molar-refractivity contribution in [1.82, 2.24) is 20.1 Å². The van der Waals surface area contributed by atoms with E-state index in [0.717, 1.165) is 5.56 Å². The molecule has 2 N–H and O–H groups in total. The molecule has 0 atom stereocenters. The number of fused-ring (bicyclic) bond motifs is 1. The van der Waals surface area contributed by atoms with Crippen LogP contribution in [0.2, 0.25) is 0 Å². The number of rotatable bonds is 3. The van der Waals surface area contributed by atoms with Crippen LogP contribution in [0.25, 0.3) is 0 Å². The summed E-state index contributed by atoms with van der Waals surface area (Å²) in [6.45, 7) is 5.79. The molecule has 0 saturated heterocycles. The second-order valence-electron chi connectivity index (χ2n) is 7.39. The predicted molar refractivity (Wildman–Crippen MR) is 98.3 cm³/mol. The van der Waals surface area contributed by atoms with Gasteiger partial charge in [0.2, 0.25) is 0 Å². The molecular weight excluding hydrogens is 370 g/mol. The molecule has 2 aromatic heterocycles. The van der Waals surface area contributed by atoms with Crippen molar-refractivity contribution in [1.29, 1.82) is 0 Å². The molecule has 1 aliphatic rings. The summed E-state index contributed by atoms with van der Waals surface area (Å²) in [4.78, 5) is 28.4. The summed E-state index contributed by atoms with van der Waals surface area (Å²) in [6.07, 6.45) is 3.20. The van der Waals surface area contributed by atoms with Crippen molar-refractivity contribution in [3.63, 3.8) is 0 Å². The number of nitrogens with zero attached hydrogens (tertiary/aromatic N) is 3. The molecule has 2 aromatic rings. The van der Waals surface area contributed by atoms with E-state index in [1.165, 1.54) is 0 Å². The fraction of sp³-hybridized carbons (Fsp3) is 0.412. The Morgan fingerprint density at radius 3 is 2.59 bits per heavy atom. The number of nitrogens with one attached hydrogen (secondary N) is 2. The summed E-state index contributed by atoms with van der Waals surface area (Å²) in [6, 6.07) is 3.50. The molecule has 0 aromatic carbocycles. The van der Waals surface area contributed by atoms with Gasteiger partial charge in [0.25, 0.3) is 0 Å². The number of carbonyl (C=O) groups excluding carboxylic acids is 2. The highest BCUT2D eigenvalue weighted by Crippen LogP contribution is 2.34. The van der Waals surface area contributed by atoms with Gasteiger partial charge in [-0.25, -0.2) is 13.1 Å². The lowest BCUT2D eigenvalue weighted by Gasteiger charge is -2.23. The van der Waals surface area contributed by atoms with Crippen molar-refractivity contribution >= 4 is 27.5 Å². The van der Waals surface area contributed by atoms with Crippen LogP contribution >= 0.6 is 0 Å². The van der Waals surface area contributed by atoms with E-state index in [-0.39, 0.29) is 23.9 Å². The molecule has 3 rings (SSSR count). The largest absolute Gasteiger partial charge is 0.344 e. The lowest BCUT2D eigenvalue weighted by atomic mass is 10.1. The monoisotopic (exact) mass is 391 g/mol. The second kappa shape index (κ2) is 6.76. The number of hydrogen-bond donors (Lipinski definition) is 2. The first kappa shape index (κ1) is 19.0. The first-order chi connectivity index (χ1) is 12.6. The minimum atomic E-state index is -3.28. The molecule has 0 spiro atoms. The van der Waals surface area contributed by atoms with Gasteiger partial charge in [0.15, 0.2) is 9.84 Å². The number of sulfone groups is 1. The van der Waals surface area contributed by atoms with E-state index in [9.17, 15) is 18.0 Å². The third-order valence-corrected chi connectivity index (χ3v) is 5.48. The third kappa shape index (κ3) is 4.16. The molecule has 10 heteroatoms. The highest BCUT2D eigenvalue weighted by molar-refractivity contribution is 7.90. The lowest BCUT2D eigenvalue weighted by Crippen LogP contribution is -2.37. The number of amides is 2. The van der Waals surface area contributed by atoms with Crippen LogP contribution in [0.5, 0.6) is 0 Å². The number of aromatic nitrogens is 3. The van der Waals surface area contributed by atoms with Crippen molar-refractivity contribution in [2.24, 2.45) is 0 Å². The summed E-state index contributed by atoms with van der Waals surface area (Å²) in [5, 5.41) is 9.40. The predicted octanol–water partition coefficient (Wildman–Crippen LogP) is 0.716. The zero-order valence-corrected chi connectivity index (χ0v) is 16.1. The molecule has 0 aliphatic carbocycles. The topological polar surface area (TPSA) is 123 Å². The fourth-order valence-corrected chi connectivity index (χ4v) is 4.28. The van der Waals surface area contributed by atoms with Crippen molar-refractivity contribution in [3.8, 4) is 0 Å². The molecule has 0 unspecified atom stereocenters. The number of anilines is 1. The highest BCUT2D eigenvalue weighted by atomic mass is 32.2. The van der Waals surface area contributed by atoms with E-state index in [1.807, 2.05) is 20.8 Å². The van der Waals surface area contributed by atoms with E-state index in [1.54, 1.807) is 29.2 Å².